The van der Waals surface area contributed by atoms with E-state index in [-0.39, 0.29) is 28.9 Å². The molecule has 0 heterocycles. The Balaban J connectivity index is 2.23. The van der Waals surface area contributed by atoms with Crippen LogP contribution in [0.15, 0.2) is 46.6 Å². The molecule has 0 bridgehead atoms. The van der Waals surface area contributed by atoms with Crippen molar-refractivity contribution in [2.24, 2.45) is 10.2 Å². The van der Waals surface area contributed by atoms with E-state index in [0.717, 1.165) is 50.0 Å². The molecule has 2 aromatic rings. The number of nitro benzene ring substituents is 1. The van der Waals surface area contributed by atoms with Crippen LogP contribution in [0.2, 0.25) is 0 Å². The molecule has 2 aromatic carbocycles. The number of non-ortho nitro benzene ring substituents is 1. The van der Waals surface area contributed by atoms with E-state index in [1.165, 1.54) is 0 Å². The molecule has 10 nitrogen and oxygen atoms in total. The van der Waals surface area contributed by atoms with Crippen LogP contribution in [0, 0.1) is 32.8 Å². The number of nitrogens with zero attached hydrogens (tertiary/aromatic N) is 6. The maximum Gasteiger partial charge on any atom is 0.305 e. The Morgan fingerprint density at radius 2 is 1.70 bits per heavy atom. The van der Waals surface area contributed by atoms with Crippen molar-refractivity contribution in [1.82, 2.24) is 0 Å². The Morgan fingerprint density at radius 1 is 1.06 bits per heavy atom. The topological polar surface area (TPSA) is 156 Å². The van der Waals surface area contributed by atoms with E-state index >= 15 is 0 Å². The maximum absolute atomic E-state index is 11.0. The summed E-state index contributed by atoms with van der Waals surface area (Å²) < 4.78 is 0. The van der Waals surface area contributed by atoms with Gasteiger partial charge in [0.05, 0.1) is 28.2 Å². The number of carboxylic acids is 1. The van der Waals surface area contributed by atoms with E-state index in [9.17, 15) is 25.4 Å². The second-order valence-electron chi connectivity index (χ2n) is 7.28. The maximum atomic E-state index is 11.0. The number of nitriles is 2. The first-order chi connectivity index (χ1) is 15.9. The van der Waals surface area contributed by atoms with Crippen LogP contribution in [0.25, 0.3) is 0 Å². The SMILES string of the molecule is CCCCCCN(CCC(=O)O)c1ccc(N=Nc2c(C#N)cc([N+](=O)[O-])cc2C#N)cc1. The number of azo groups is 1. The standard InChI is InChI=1S/C23H24N6O4/c1-2-3-4-5-11-28(12-10-22(30)31)20-8-6-19(7-9-20)26-27-23-17(15-24)13-21(29(32)33)14-18(23)16-25/h6-9,13-14H,2-5,10-12H2,1H3,(H,30,31). The molecule has 0 fully saturated rings. The van der Waals surface area contributed by atoms with Gasteiger partial charge in [0.2, 0.25) is 0 Å². The quantitative estimate of drug-likeness (QED) is 0.191. The van der Waals surface area contributed by atoms with Gasteiger partial charge in [0.1, 0.15) is 17.8 Å². The summed E-state index contributed by atoms with van der Waals surface area (Å²) in [6, 6.07) is 12.7. The Morgan fingerprint density at radius 3 is 2.21 bits per heavy atom. The fourth-order valence-corrected chi connectivity index (χ4v) is 3.17. The lowest BCUT2D eigenvalue weighted by Gasteiger charge is -2.24. The highest BCUT2D eigenvalue weighted by Gasteiger charge is 2.17. The molecule has 0 radical (unpaired) electrons. The highest BCUT2D eigenvalue weighted by atomic mass is 16.6. The molecule has 33 heavy (non-hydrogen) atoms. The highest BCUT2D eigenvalue weighted by molar-refractivity contribution is 5.68. The van der Waals surface area contributed by atoms with Gasteiger partial charge >= 0.3 is 5.97 Å². The number of rotatable bonds is 12. The van der Waals surface area contributed by atoms with Crippen molar-refractivity contribution in [3.8, 4) is 12.1 Å². The summed E-state index contributed by atoms with van der Waals surface area (Å²) in [7, 11) is 0. The van der Waals surface area contributed by atoms with E-state index in [0.29, 0.717) is 12.2 Å². The highest BCUT2D eigenvalue weighted by Crippen LogP contribution is 2.31. The van der Waals surface area contributed by atoms with Crippen LogP contribution >= 0.6 is 0 Å². The predicted octanol–water partition coefficient (Wildman–Crippen LogP) is 5.61. The van der Waals surface area contributed by atoms with Crippen molar-refractivity contribution in [1.29, 1.82) is 10.5 Å². The molecule has 0 spiro atoms. The minimum atomic E-state index is -0.858. The molecular formula is C23H24N6O4. The molecule has 0 aliphatic rings. The number of aliphatic carboxylic acids is 1. The molecule has 0 aromatic heterocycles. The fourth-order valence-electron chi connectivity index (χ4n) is 3.17. The summed E-state index contributed by atoms with van der Waals surface area (Å²) >= 11 is 0. The molecule has 0 saturated heterocycles. The first-order valence-electron chi connectivity index (χ1n) is 10.5. The lowest BCUT2D eigenvalue weighted by atomic mass is 10.1. The van der Waals surface area contributed by atoms with Gasteiger partial charge in [-0.3, -0.25) is 14.9 Å². The Bertz CT molecular complexity index is 1060. The lowest BCUT2D eigenvalue weighted by molar-refractivity contribution is -0.384. The van der Waals surface area contributed by atoms with E-state index in [4.69, 9.17) is 5.11 Å². The third-order valence-electron chi connectivity index (χ3n) is 4.90. The minimum Gasteiger partial charge on any atom is -0.481 e. The number of hydrogen-bond donors (Lipinski definition) is 1. The zero-order chi connectivity index (χ0) is 24.2. The number of unbranched alkanes of at least 4 members (excludes halogenated alkanes) is 3. The van der Waals surface area contributed by atoms with Gasteiger partial charge in [0, 0.05) is 30.9 Å². The van der Waals surface area contributed by atoms with Crippen LogP contribution in [0.3, 0.4) is 0 Å². The third kappa shape index (κ3) is 7.40. The average Bonchev–Trinajstić information content (AvgIpc) is 2.81. The Kier molecular flexibility index (Phi) is 9.47. The van der Waals surface area contributed by atoms with Gasteiger partial charge in [-0.25, -0.2) is 0 Å². The van der Waals surface area contributed by atoms with E-state index in [2.05, 4.69) is 17.2 Å². The molecule has 0 unspecified atom stereocenters. The van der Waals surface area contributed by atoms with Gasteiger partial charge in [-0.1, -0.05) is 26.2 Å². The molecular weight excluding hydrogens is 424 g/mol. The summed E-state index contributed by atoms with van der Waals surface area (Å²) in [6.45, 7) is 3.27. The molecule has 0 atom stereocenters. The van der Waals surface area contributed by atoms with Crippen molar-refractivity contribution in [3.63, 3.8) is 0 Å². The van der Waals surface area contributed by atoms with Crippen LogP contribution in [0.1, 0.15) is 50.2 Å². The number of hydrogen-bond acceptors (Lipinski definition) is 8. The number of carbonyl (C=O) groups is 1. The van der Waals surface area contributed by atoms with Crippen molar-refractivity contribution >= 4 is 28.7 Å². The zero-order valence-corrected chi connectivity index (χ0v) is 18.3. The van der Waals surface area contributed by atoms with Crippen molar-refractivity contribution in [2.75, 3.05) is 18.0 Å². The predicted molar refractivity (Wildman–Crippen MR) is 122 cm³/mol. The summed E-state index contributed by atoms with van der Waals surface area (Å²) in [4.78, 5) is 23.3. The normalized spacial score (nSPS) is 10.5. The van der Waals surface area contributed by atoms with Crippen LogP contribution < -0.4 is 4.90 Å². The summed E-state index contributed by atoms with van der Waals surface area (Å²) in [6.07, 6.45) is 4.31. The second kappa shape index (κ2) is 12.5. The van der Waals surface area contributed by atoms with E-state index < -0.39 is 10.9 Å². The van der Waals surface area contributed by atoms with Crippen molar-refractivity contribution < 1.29 is 14.8 Å². The van der Waals surface area contributed by atoms with Crippen LogP contribution in [-0.2, 0) is 4.79 Å². The largest absolute Gasteiger partial charge is 0.481 e. The van der Waals surface area contributed by atoms with Gasteiger partial charge < -0.3 is 10.0 Å². The van der Waals surface area contributed by atoms with Gasteiger partial charge in [-0.15, -0.1) is 5.11 Å². The fraction of sp³-hybridized carbons (Fsp3) is 0.348. The number of benzene rings is 2. The summed E-state index contributed by atoms with van der Waals surface area (Å²) in [5.41, 5.74) is 0.674. The van der Waals surface area contributed by atoms with Crippen molar-refractivity contribution in [2.45, 2.75) is 39.0 Å². The molecule has 0 amide bonds. The summed E-state index contributed by atoms with van der Waals surface area (Å²) in [5, 5.41) is 46.7. The Labute approximate surface area is 191 Å². The second-order valence-corrected chi connectivity index (χ2v) is 7.28. The average molecular weight is 448 g/mol. The molecule has 0 aliphatic carbocycles. The van der Waals surface area contributed by atoms with Gasteiger partial charge in [0.25, 0.3) is 5.69 Å². The van der Waals surface area contributed by atoms with E-state index in [1.54, 1.807) is 12.1 Å². The molecule has 1 N–H and O–H groups in total. The molecule has 0 aliphatic heterocycles. The van der Waals surface area contributed by atoms with Gasteiger partial charge in [-0.05, 0) is 30.7 Å². The minimum absolute atomic E-state index is 0.0310. The van der Waals surface area contributed by atoms with Crippen LogP contribution in [-0.4, -0.2) is 29.1 Å². The lowest BCUT2D eigenvalue weighted by Crippen LogP contribution is -2.27. The summed E-state index contributed by atoms with van der Waals surface area (Å²) in [5.74, 6) is -0.858. The number of carboxylic acid groups (broad SMARTS) is 1. The number of anilines is 1. The smallest absolute Gasteiger partial charge is 0.305 e. The van der Waals surface area contributed by atoms with Gasteiger partial charge in [-0.2, -0.15) is 15.6 Å². The van der Waals surface area contributed by atoms with Gasteiger partial charge in [0.15, 0.2) is 0 Å². The van der Waals surface area contributed by atoms with Crippen molar-refractivity contribution in [3.05, 3.63) is 57.6 Å². The zero-order valence-electron chi connectivity index (χ0n) is 18.3. The van der Waals surface area contributed by atoms with Crippen LogP contribution in [0.4, 0.5) is 22.7 Å². The van der Waals surface area contributed by atoms with Crippen LogP contribution in [0.5, 0.6) is 0 Å². The first-order valence-corrected chi connectivity index (χ1v) is 10.5. The monoisotopic (exact) mass is 448 g/mol. The molecule has 10 heteroatoms. The third-order valence-corrected chi connectivity index (χ3v) is 4.90. The molecule has 2 rings (SSSR count). The number of nitro groups is 1. The molecule has 0 saturated carbocycles. The Hall–Kier alpha value is -4.31. The molecule has 170 valence electrons. The van der Waals surface area contributed by atoms with E-state index in [1.807, 2.05) is 29.2 Å². The first kappa shape index (κ1) is 25.0.